The Kier molecular flexibility index (Phi) is 7.54. The number of rotatable bonds is 5. The number of hydrogen-bond donors (Lipinski definition) is 2. The zero-order valence-corrected chi connectivity index (χ0v) is 31.5. The Balaban J connectivity index is 1.10. The summed E-state index contributed by atoms with van der Waals surface area (Å²) in [6.07, 6.45) is 7.63. The fourth-order valence-electron chi connectivity index (χ4n) is 9.76. The zero-order valence-electron chi connectivity index (χ0n) is 31.5. The molecule has 2 heterocycles. The summed E-state index contributed by atoms with van der Waals surface area (Å²) < 4.78 is 0. The molecule has 2 aliphatic carbocycles. The number of hydrogen-bond acceptors (Lipinski definition) is 2. The van der Waals surface area contributed by atoms with Crippen molar-refractivity contribution in [3.05, 3.63) is 192 Å². The number of benzene rings is 6. The Morgan fingerprint density at radius 3 is 2.06 bits per heavy atom. The van der Waals surface area contributed by atoms with Gasteiger partial charge in [-0.25, -0.2) is 10.3 Å². The van der Waals surface area contributed by atoms with Crippen molar-refractivity contribution in [1.29, 1.82) is 0 Å². The highest BCUT2D eigenvalue weighted by Gasteiger charge is 2.49. The van der Waals surface area contributed by atoms with E-state index in [1.54, 1.807) is 0 Å². The zero-order chi connectivity index (χ0) is 36.6. The number of anilines is 1. The topological polar surface area (TPSA) is 29.2 Å². The third-order valence-corrected chi connectivity index (χ3v) is 12.6. The van der Waals surface area contributed by atoms with Gasteiger partial charge in [-0.2, -0.15) is 0 Å². The molecular formula is C51H46N3+. The SMILES string of the molecule is CC1C=CC=C2c3ccc(-c4cccc(-c5ccccc5)c4)cc3N(C3NC(C)(c4ccc5c(c4)C(C)(C)c4ccccc4-5)CC(c4ccccc4)=[NH+]3)C21. The summed E-state index contributed by atoms with van der Waals surface area (Å²) >= 11 is 0. The summed E-state index contributed by atoms with van der Waals surface area (Å²) in [6, 6.07) is 54.0. The summed E-state index contributed by atoms with van der Waals surface area (Å²) in [4.78, 5) is 6.73. The first-order valence-corrected chi connectivity index (χ1v) is 19.5. The van der Waals surface area contributed by atoms with Crippen LogP contribution >= 0.6 is 0 Å². The molecule has 3 nitrogen and oxygen atoms in total. The van der Waals surface area contributed by atoms with Crippen molar-refractivity contribution in [2.45, 2.75) is 57.4 Å². The van der Waals surface area contributed by atoms with Crippen LogP contribution in [0.5, 0.6) is 0 Å². The lowest BCUT2D eigenvalue weighted by Gasteiger charge is -2.42. The molecule has 0 saturated carbocycles. The molecule has 0 bridgehead atoms. The largest absolute Gasteiger partial charge is 0.293 e. The molecule has 4 unspecified atom stereocenters. The maximum atomic E-state index is 4.25. The average Bonchev–Trinajstić information content (AvgIpc) is 3.67. The monoisotopic (exact) mass is 700 g/mol. The summed E-state index contributed by atoms with van der Waals surface area (Å²) in [5.41, 5.74) is 17.8. The Bertz CT molecular complexity index is 2520. The van der Waals surface area contributed by atoms with E-state index in [0.29, 0.717) is 5.92 Å². The highest BCUT2D eigenvalue weighted by atomic mass is 15.4. The molecule has 4 atom stereocenters. The van der Waals surface area contributed by atoms with E-state index in [2.05, 4.69) is 207 Å². The van der Waals surface area contributed by atoms with Crippen LogP contribution in [0.1, 0.15) is 61.9 Å². The van der Waals surface area contributed by atoms with E-state index in [0.717, 1.165) is 6.42 Å². The third kappa shape index (κ3) is 5.17. The van der Waals surface area contributed by atoms with Gasteiger partial charge < -0.3 is 0 Å². The molecule has 264 valence electrons. The predicted octanol–water partition coefficient (Wildman–Crippen LogP) is 9.87. The smallest absolute Gasteiger partial charge is 0.287 e. The molecule has 0 amide bonds. The van der Waals surface area contributed by atoms with E-state index in [1.807, 2.05) is 0 Å². The van der Waals surface area contributed by atoms with Crippen LogP contribution in [0.3, 0.4) is 0 Å². The van der Waals surface area contributed by atoms with Crippen LogP contribution in [0.25, 0.3) is 39.0 Å². The van der Waals surface area contributed by atoms with Crippen molar-refractivity contribution in [2.75, 3.05) is 4.90 Å². The van der Waals surface area contributed by atoms with E-state index in [4.69, 9.17) is 0 Å². The Labute approximate surface area is 319 Å². The Hall–Kier alpha value is -5.77. The summed E-state index contributed by atoms with van der Waals surface area (Å²) in [5, 5.41) is 4.25. The van der Waals surface area contributed by atoms with E-state index < -0.39 is 0 Å². The van der Waals surface area contributed by atoms with Gasteiger partial charge in [-0.3, -0.25) is 4.90 Å². The molecular weight excluding hydrogens is 655 g/mol. The van der Waals surface area contributed by atoms with E-state index >= 15 is 0 Å². The van der Waals surface area contributed by atoms with Gasteiger partial charge in [0, 0.05) is 16.5 Å². The molecule has 6 aromatic rings. The van der Waals surface area contributed by atoms with Crippen LogP contribution in [0.2, 0.25) is 0 Å². The normalized spacial score (nSPS) is 23.2. The minimum Gasteiger partial charge on any atom is -0.293 e. The van der Waals surface area contributed by atoms with Crippen LogP contribution in [0, 0.1) is 5.92 Å². The van der Waals surface area contributed by atoms with Gasteiger partial charge >= 0.3 is 0 Å². The third-order valence-electron chi connectivity index (χ3n) is 12.6. The molecule has 10 rings (SSSR count). The first kappa shape index (κ1) is 32.8. The molecule has 0 aromatic heterocycles. The first-order chi connectivity index (χ1) is 26.3. The van der Waals surface area contributed by atoms with Gasteiger partial charge in [0.15, 0.2) is 5.71 Å². The average molecular weight is 701 g/mol. The van der Waals surface area contributed by atoms with Gasteiger partial charge in [0.25, 0.3) is 6.29 Å². The molecule has 0 spiro atoms. The van der Waals surface area contributed by atoms with Crippen LogP contribution in [-0.4, -0.2) is 18.0 Å². The molecule has 54 heavy (non-hydrogen) atoms. The van der Waals surface area contributed by atoms with Crippen molar-refractivity contribution in [3.8, 4) is 33.4 Å². The van der Waals surface area contributed by atoms with Gasteiger partial charge in [0.2, 0.25) is 0 Å². The second-order valence-corrected chi connectivity index (χ2v) is 16.4. The van der Waals surface area contributed by atoms with Gasteiger partial charge in [0.1, 0.15) is 0 Å². The molecule has 6 aromatic carbocycles. The lowest BCUT2D eigenvalue weighted by molar-refractivity contribution is -0.521. The molecule has 0 fully saturated rings. The Morgan fingerprint density at radius 1 is 0.611 bits per heavy atom. The standard InChI is InChI=1S/C51H45N3/c1-33-15-13-23-43-42-27-25-38(37-21-14-20-36(29-37)34-16-7-5-8-17-34)30-47(42)54(48(33)43)49-52-46(35-18-9-6-10-19-35)32-51(4,53-49)39-26-28-41-40-22-11-12-24-44(40)50(2,3)45(41)31-39/h5-31,33,48-49,53H,32H2,1-4H3/p+1. The fraction of sp³-hybridized carbons (Fsp3) is 0.196. The molecule has 4 aliphatic rings. The maximum Gasteiger partial charge on any atom is 0.287 e. The second-order valence-electron chi connectivity index (χ2n) is 16.4. The number of allylic oxidation sites excluding steroid dienone is 2. The molecule has 0 saturated heterocycles. The minimum atomic E-state index is -0.344. The van der Waals surface area contributed by atoms with E-state index in [1.165, 1.54) is 78.2 Å². The van der Waals surface area contributed by atoms with Gasteiger partial charge in [0.05, 0.1) is 23.7 Å². The van der Waals surface area contributed by atoms with E-state index in [9.17, 15) is 0 Å². The van der Waals surface area contributed by atoms with Crippen molar-refractivity contribution in [3.63, 3.8) is 0 Å². The maximum absolute atomic E-state index is 4.25. The number of nitrogens with one attached hydrogen (secondary N) is 2. The summed E-state index contributed by atoms with van der Waals surface area (Å²) in [5.74, 6) is 0.332. The highest BCUT2D eigenvalue weighted by Crippen LogP contribution is 2.51. The molecule has 0 radical (unpaired) electrons. The van der Waals surface area contributed by atoms with Crippen LogP contribution < -0.4 is 15.2 Å². The van der Waals surface area contributed by atoms with Gasteiger partial charge in [-0.05, 0) is 92.8 Å². The highest BCUT2D eigenvalue weighted by molar-refractivity contribution is 5.98. The van der Waals surface area contributed by atoms with Crippen molar-refractivity contribution < 1.29 is 4.99 Å². The number of fused-ring (bicyclic) bond motifs is 6. The first-order valence-electron chi connectivity index (χ1n) is 19.5. The molecule has 2 N–H and O–H groups in total. The Morgan fingerprint density at radius 2 is 1.26 bits per heavy atom. The number of nitrogens with zero attached hydrogens (tertiary/aromatic N) is 1. The quantitative estimate of drug-likeness (QED) is 0.188. The van der Waals surface area contributed by atoms with E-state index in [-0.39, 0.29) is 23.3 Å². The second kappa shape index (κ2) is 12.4. The molecule has 3 heteroatoms. The fourth-order valence-corrected chi connectivity index (χ4v) is 9.76. The molecule has 2 aliphatic heterocycles. The summed E-state index contributed by atoms with van der Waals surface area (Å²) in [6.45, 7) is 9.53. The van der Waals surface area contributed by atoms with Crippen molar-refractivity contribution >= 4 is 17.0 Å². The van der Waals surface area contributed by atoms with Gasteiger partial charge in [-0.1, -0.05) is 160 Å². The van der Waals surface area contributed by atoms with Crippen LogP contribution in [0.15, 0.2) is 164 Å². The van der Waals surface area contributed by atoms with Gasteiger partial charge in [-0.15, -0.1) is 0 Å². The lowest BCUT2D eigenvalue weighted by atomic mass is 9.78. The van der Waals surface area contributed by atoms with Crippen LogP contribution in [0.4, 0.5) is 5.69 Å². The summed E-state index contributed by atoms with van der Waals surface area (Å²) in [7, 11) is 0. The van der Waals surface area contributed by atoms with Crippen molar-refractivity contribution in [1.82, 2.24) is 5.32 Å². The minimum absolute atomic E-state index is 0.0672. The van der Waals surface area contributed by atoms with Crippen molar-refractivity contribution in [2.24, 2.45) is 5.92 Å². The van der Waals surface area contributed by atoms with Crippen LogP contribution in [-0.2, 0) is 11.0 Å². The predicted molar refractivity (Wildman–Crippen MR) is 224 cm³/mol. The lowest BCUT2D eigenvalue weighted by Crippen LogP contribution is -2.93.